The zero-order chi connectivity index (χ0) is 17.1. The lowest BCUT2D eigenvalue weighted by atomic mass is 9.82. The number of aromatic amines is 1. The molecule has 1 saturated heterocycles. The van der Waals surface area contributed by atoms with Gasteiger partial charge in [0.25, 0.3) is 0 Å². The molecule has 1 aromatic heterocycles. The van der Waals surface area contributed by atoms with Gasteiger partial charge >= 0.3 is 17.9 Å². The number of hydrogen-bond acceptors (Lipinski definition) is 5. The van der Waals surface area contributed by atoms with Crippen LogP contribution in [0, 0.1) is 5.92 Å². The predicted molar refractivity (Wildman–Crippen MR) is 76.3 cm³/mol. The van der Waals surface area contributed by atoms with Crippen LogP contribution in [0.1, 0.15) is 23.6 Å². The minimum Gasteiger partial charge on any atom is -0.481 e. The molecule has 2 heterocycles. The minimum atomic E-state index is -1.16. The van der Waals surface area contributed by atoms with E-state index in [0.717, 1.165) is 0 Å². The lowest BCUT2D eigenvalue weighted by Gasteiger charge is -2.22. The third-order valence-electron chi connectivity index (χ3n) is 3.94. The molecule has 0 spiro atoms. The van der Waals surface area contributed by atoms with Gasteiger partial charge in [0.15, 0.2) is 0 Å². The summed E-state index contributed by atoms with van der Waals surface area (Å²) in [4.78, 5) is 47.1. The standard InChI is InChI=1S/C14H16N2O7/c17-10-2-1-6(9(16-10)4-12(20)21)8-5-15-13(14(22)23)7(8)3-11(18)19/h1-2,7-8,13,15H,3-5H2,(H,16,17)(H,18,19)(H,20,21)(H,22,23)/t7-,8+,13-/m0/s1. The third kappa shape index (κ3) is 3.75. The summed E-state index contributed by atoms with van der Waals surface area (Å²) in [5, 5.41) is 29.9. The summed E-state index contributed by atoms with van der Waals surface area (Å²) in [6.45, 7) is 0.188. The van der Waals surface area contributed by atoms with Crippen molar-refractivity contribution in [1.29, 1.82) is 0 Å². The maximum atomic E-state index is 11.4. The van der Waals surface area contributed by atoms with Gasteiger partial charge in [-0.2, -0.15) is 0 Å². The van der Waals surface area contributed by atoms with Crippen molar-refractivity contribution in [3.8, 4) is 0 Å². The first-order valence-corrected chi connectivity index (χ1v) is 6.91. The Kier molecular flexibility index (Phi) is 4.80. The first-order valence-electron chi connectivity index (χ1n) is 6.91. The monoisotopic (exact) mass is 324 g/mol. The molecule has 0 bridgehead atoms. The number of aromatic nitrogens is 1. The Labute approximate surface area is 130 Å². The fourth-order valence-electron chi connectivity index (χ4n) is 3.04. The Morgan fingerprint density at radius 2 is 1.83 bits per heavy atom. The molecule has 9 heteroatoms. The second-order valence-electron chi connectivity index (χ2n) is 5.42. The molecule has 0 aliphatic carbocycles. The van der Waals surface area contributed by atoms with Gasteiger partial charge in [-0.25, -0.2) is 0 Å². The Balaban J connectivity index is 2.42. The van der Waals surface area contributed by atoms with Crippen molar-refractivity contribution in [2.24, 2.45) is 5.92 Å². The maximum absolute atomic E-state index is 11.4. The van der Waals surface area contributed by atoms with Gasteiger partial charge in [-0.15, -0.1) is 0 Å². The molecule has 0 unspecified atom stereocenters. The molecule has 1 aliphatic heterocycles. The first-order chi connectivity index (χ1) is 10.8. The molecule has 0 saturated carbocycles. The number of carboxylic acid groups (broad SMARTS) is 3. The van der Waals surface area contributed by atoms with Crippen molar-refractivity contribution in [1.82, 2.24) is 10.3 Å². The van der Waals surface area contributed by atoms with E-state index in [9.17, 15) is 24.3 Å². The van der Waals surface area contributed by atoms with Crippen LogP contribution in [0.5, 0.6) is 0 Å². The average Bonchev–Trinajstić information content (AvgIpc) is 2.81. The van der Waals surface area contributed by atoms with E-state index in [1.807, 2.05) is 0 Å². The largest absolute Gasteiger partial charge is 0.481 e. The van der Waals surface area contributed by atoms with Gasteiger partial charge in [0.05, 0.1) is 12.8 Å². The van der Waals surface area contributed by atoms with Crippen LogP contribution < -0.4 is 10.9 Å². The molecule has 3 atom stereocenters. The highest BCUT2D eigenvalue weighted by Crippen LogP contribution is 2.35. The topological polar surface area (TPSA) is 157 Å². The lowest BCUT2D eigenvalue weighted by molar-refractivity contribution is -0.142. The molecule has 0 amide bonds. The van der Waals surface area contributed by atoms with Gasteiger partial charge < -0.3 is 25.6 Å². The van der Waals surface area contributed by atoms with Crippen molar-refractivity contribution in [3.63, 3.8) is 0 Å². The minimum absolute atomic E-state index is 0.165. The van der Waals surface area contributed by atoms with Crippen molar-refractivity contribution in [3.05, 3.63) is 33.7 Å². The summed E-state index contributed by atoms with van der Waals surface area (Å²) in [5.74, 6) is -4.72. The molecule has 5 N–H and O–H groups in total. The van der Waals surface area contributed by atoms with E-state index in [1.54, 1.807) is 0 Å². The zero-order valence-corrected chi connectivity index (χ0v) is 12.0. The Hall–Kier alpha value is -2.68. The SMILES string of the molecule is O=C(O)Cc1[nH]c(=O)ccc1[C@H]1CN[C@H](C(=O)O)[C@H]1CC(=O)O. The zero-order valence-electron chi connectivity index (χ0n) is 12.0. The molecule has 1 aromatic rings. The van der Waals surface area contributed by atoms with Crippen molar-refractivity contribution < 1.29 is 29.7 Å². The Morgan fingerprint density at radius 1 is 1.13 bits per heavy atom. The Bertz CT molecular complexity index is 697. The highest BCUT2D eigenvalue weighted by molar-refractivity contribution is 5.77. The number of hydrogen-bond donors (Lipinski definition) is 5. The van der Waals surface area contributed by atoms with E-state index in [0.29, 0.717) is 5.56 Å². The van der Waals surface area contributed by atoms with Crippen LogP contribution in [0.2, 0.25) is 0 Å². The number of nitrogens with one attached hydrogen (secondary N) is 2. The van der Waals surface area contributed by atoms with Crippen molar-refractivity contribution in [2.45, 2.75) is 24.8 Å². The lowest BCUT2D eigenvalue weighted by Crippen LogP contribution is -2.36. The number of H-pyrrole nitrogens is 1. The number of carbonyl (C=O) groups is 3. The smallest absolute Gasteiger partial charge is 0.321 e. The third-order valence-corrected chi connectivity index (χ3v) is 3.94. The molecule has 1 aliphatic rings. The highest BCUT2D eigenvalue weighted by Gasteiger charge is 2.42. The molecular formula is C14H16N2O7. The van der Waals surface area contributed by atoms with Crippen molar-refractivity contribution >= 4 is 17.9 Å². The average molecular weight is 324 g/mol. The van der Waals surface area contributed by atoms with Gasteiger partial charge in [0.1, 0.15) is 6.04 Å². The van der Waals surface area contributed by atoms with E-state index in [1.165, 1.54) is 12.1 Å². The molecule has 9 nitrogen and oxygen atoms in total. The number of rotatable bonds is 6. The molecule has 1 fully saturated rings. The van der Waals surface area contributed by atoms with E-state index < -0.39 is 47.8 Å². The van der Waals surface area contributed by atoms with E-state index in [2.05, 4.69) is 10.3 Å². The van der Waals surface area contributed by atoms with Crippen LogP contribution in [0.15, 0.2) is 16.9 Å². The van der Waals surface area contributed by atoms with Gasteiger partial charge in [0.2, 0.25) is 5.56 Å². The van der Waals surface area contributed by atoms with Crippen LogP contribution >= 0.6 is 0 Å². The molecule has 23 heavy (non-hydrogen) atoms. The molecular weight excluding hydrogens is 308 g/mol. The summed E-state index contributed by atoms with van der Waals surface area (Å²) in [6.07, 6.45) is -0.806. The second-order valence-corrected chi connectivity index (χ2v) is 5.42. The fraction of sp³-hybridized carbons (Fsp3) is 0.429. The van der Waals surface area contributed by atoms with Crippen LogP contribution in [-0.2, 0) is 20.8 Å². The van der Waals surface area contributed by atoms with Gasteiger partial charge in [-0.3, -0.25) is 19.2 Å². The summed E-state index contributed by atoms with van der Waals surface area (Å²) in [5.41, 5.74) is 0.147. The molecule has 0 radical (unpaired) electrons. The highest BCUT2D eigenvalue weighted by atomic mass is 16.4. The quantitative estimate of drug-likeness (QED) is 0.456. The Morgan fingerprint density at radius 3 is 2.39 bits per heavy atom. The second kappa shape index (κ2) is 6.61. The van der Waals surface area contributed by atoms with E-state index >= 15 is 0 Å². The van der Waals surface area contributed by atoms with Crippen LogP contribution in [0.4, 0.5) is 0 Å². The van der Waals surface area contributed by atoms with Crippen LogP contribution in [-0.4, -0.2) is 50.8 Å². The van der Waals surface area contributed by atoms with Crippen LogP contribution in [0.3, 0.4) is 0 Å². The normalized spacial score (nSPS) is 23.6. The van der Waals surface area contributed by atoms with E-state index in [4.69, 9.17) is 10.2 Å². The van der Waals surface area contributed by atoms with E-state index in [-0.39, 0.29) is 18.7 Å². The maximum Gasteiger partial charge on any atom is 0.321 e. The van der Waals surface area contributed by atoms with Gasteiger partial charge in [-0.1, -0.05) is 6.07 Å². The summed E-state index contributed by atoms with van der Waals surface area (Å²) >= 11 is 0. The number of carboxylic acids is 3. The molecule has 2 rings (SSSR count). The predicted octanol–water partition coefficient (Wildman–Crippen LogP) is -0.767. The molecule has 124 valence electrons. The number of pyridine rings is 1. The van der Waals surface area contributed by atoms with Gasteiger partial charge in [0, 0.05) is 30.1 Å². The summed E-state index contributed by atoms with van der Waals surface area (Å²) in [6, 6.07) is 1.61. The summed E-state index contributed by atoms with van der Waals surface area (Å²) < 4.78 is 0. The van der Waals surface area contributed by atoms with Gasteiger partial charge in [-0.05, 0) is 5.56 Å². The van der Waals surface area contributed by atoms with Crippen molar-refractivity contribution in [2.75, 3.05) is 6.54 Å². The number of aliphatic carboxylic acids is 3. The molecule has 0 aromatic carbocycles. The first kappa shape index (κ1) is 16.7. The fourth-order valence-corrected chi connectivity index (χ4v) is 3.04. The van der Waals surface area contributed by atoms with Crippen LogP contribution in [0.25, 0.3) is 0 Å². The summed E-state index contributed by atoms with van der Waals surface area (Å²) in [7, 11) is 0.